The second kappa shape index (κ2) is 9.79. The minimum atomic E-state index is -0.172. The fraction of sp³-hybridized carbons (Fsp3) is 0.231. The molecule has 10 heteroatoms. The van der Waals surface area contributed by atoms with Crippen molar-refractivity contribution < 1.29 is 0 Å². The van der Waals surface area contributed by atoms with Gasteiger partial charge in [0.1, 0.15) is 17.8 Å². The molecule has 2 aliphatic rings. The maximum Gasteiger partial charge on any atom is 0.202 e. The number of benzene rings is 2. The number of anilines is 3. The Morgan fingerprint density at radius 1 is 1.06 bits per heavy atom. The Balaban J connectivity index is 1.22. The lowest BCUT2D eigenvalue weighted by atomic mass is 9.90. The molecule has 36 heavy (non-hydrogen) atoms. The van der Waals surface area contributed by atoms with Crippen molar-refractivity contribution >= 4 is 63.6 Å². The zero-order valence-corrected chi connectivity index (χ0v) is 20.8. The number of fused-ring (bicyclic) bond motifs is 1. The number of para-hydroxylation sites is 1. The molecule has 182 valence electrons. The molecule has 4 heterocycles. The van der Waals surface area contributed by atoms with Gasteiger partial charge in [0.25, 0.3) is 0 Å². The number of guanidine groups is 1. The highest BCUT2D eigenvalue weighted by Crippen LogP contribution is 2.33. The second-order valence-electron chi connectivity index (χ2n) is 8.88. The van der Waals surface area contributed by atoms with Gasteiger partial charge in [0.15, 0.2) is 6.17 Å². The summed E-state index contributed by atoms with van der Waals surface area (Å²) in [4.78, 5) is 23.2. The van der Waals surface area contributed by atoms with Crippen LogP contribution >= 0.6 is 23.2 Å². The van der Waals surface area contributed by atoms with Crippen LogP contribution in [0.25, 0.3) is 11.0 Å². The molecule has 4 aromatic rings. The third kappa shape index (κ3) is 4.87. The van der Waals surface area contributed by atoms with Gasteiger partial charge in [0, 0.05) is 37.1 Å². The highest BCUT2D eigenvalue weighted by Gasteiger charge is 2.24. The summed E-state index contributed by atoms with van der Waals surface area (Å²) in [6.45, 7) is 1.87. The van der Waals surface area contributed by atoms with Crippen LogP contribution in [0, 0.1) is 0 Å². The van der Waals surface area contributed by atoms with Gasteiger partial charge in [0.2, 0.25) is 5.96 Å². The van der Waals surface area contributed by atoms with E-state index in [9.17, 15) is 0 Å². The number of halogens is 2. The number of nitrogens with zero attached hydrogens (tertiary/aromatic N) is 5. The number of nitrogens with one attached hydrogen (secondary N) is 3. The lowest BCUT2D eigenvalue weighted by Crippen LogP contribution is -2.35. The fourth-order valence-corrected chi connectivity index (χ4v) is 5.12. The number of aliphatic imine (C=N–C) groups is 2. The number of hydrogen-bond acceptors (Lipinski definition) is 5. The van der Waals surface area contributed by atoms with Gasteiger partial charge >= 0.3 is 0 Å². The van der Waals surface area contributed by atoms with Gasteiger partial charge < -0.3 is 20.5 Å². The van der Waals surface area contributed by atoms with Gasteiger partial charge in [-0.1, -0.05) is 41.4 Å². The van der Waals surface area contributed by atoms with E-state index in [-0.39, 0.29) is 6.17 Å². The fourth-order valence-electron chi connectivity index (χ4n) is 4.63. The van der Waals surface area contributed by atoms with E-state index in [0.29, 0.717) is 27.6 Å². The third-order valence-corrected chi connectivity index (χ3v) is 7.05. The Labute approximate surface area is 218 Å². The first-order valence-electron chi connectivity index (χ1n) is 11.9. The maximum absolute atomic E-state index is 6.37. The third-order valence-electron chi connectivity index (χ3n) is 6.42. The molecule has 2 atom stereocenters. The van der Waals surface area contributed by atoms with E-state index >= 15 is 0 Å². The topological polar surface area (TPSA) is 93.6 Å². The smallest absolute Gasteiger partial charge is 0.202 e. The summed E-state index contributed by atoms with van der Waals surface area (Å²) in [6, 6.07) is 15.9. The zero-order valence-electron chi connectivity index (χ0n) is 19.3. The molecule has 2 aromatic heterocycles. The van der Waals surface area contributed by atoms with Gasteiger partial charge in [-0.3, -0.25) is 4.99 Å². The number of piperidine rings is 1. The molecule has 0 bridgehead atoms. The molecule has 2 aliphatic heterocycles. The van der Waals surface area contributed by atoms with Crippen LogP contribution in [0.3, 0.4) is 0 Å². The molecule has 2 unspecified atom stereocenters. The summed E-state index contributed by atoms with van der Waals surface area (Å²) in [5.41, 5.74) is 3.66. The van der Waals surface area contributed by atoms with Crippen LogP contribution in [0.2, 0.25) is 10.0 Å². The summed E-state index contributed by atoms with van der Waals surface area (Å²) >= 11 is 12.7. The molecule has 0 saturated carbocycles. The molecule has 6 rings (SSSR count). The van der Waals surface area contributed by atoms with Crippen molar-refractivity contribution in [2.45, 2.75) is 24.9 Å². The van der Waals surface area contributed by atoms with Crippen LogP contribution in [-0.2, 0) is 0 Å². The van der Waals surface area contributed by atoms with Crippen LogP contribution < -0.4 is 15.5 Å². The van der Waals surface area contributed by atoms with E-state index in [1.165, 1.54) is 5.56 Å². The predicted octanol–water partition coefficient (Wildman–Crippen LogP) is 5.94. The zero-order chi connectivity index (χ0) is 24.5. The molecule has 2 aromatic carbocycles. The molecule has 3 N–H and O–H groups in total. The number of aromatic nitrogens is 3. The van der Waals surface area contributed by atoms with Crippen LogP contribution in [-0.4, -0.2) is 46.4 Å². The van der Waals surface area contributed by atoms with E-state index in [1.54, 1.807) is 24.7 Å². The number of rotatable bonds is 5. The monoisotopic (exact) mass is 518 g/mol. The first kappa shape index (κ1) is 22.8. The maximum atomic E-state index is 6.37. The molecule has 8 nitrogen and oxygen atoms in total. The number of hydrogen-bond donors (Lipinski definition) is 3. The minimum Gasteiger partial charge on any atom is -0.355 e. The molecular weight excluding hydrogens is 495 g/mol. The average molecular weight is 519 g/mol. The van der Waals surface area contributed by atoms with Gasteiger partial charge in [-0.2, -0.15) is 0 Å². The van der Waals surface area contributed by atoms with E-state index < -0.39 is 0 Å². The standard InChI is InChI=1S/C26H24Cl2N8/c27-20-7-2-8-21(28)23(20)35-26(34-22-13-30-22)33-18-6-1-4-16(12-18)17-5-3-11-36(14-17)25-19-9-10-29-24(19)31-15-32-25/h1-2,4,6-10,12-13,15,17,22H,3,5,11,14H2,(H,29,31,32)(H2,33,34,35). The first-order chi connectivity index (χ1) is 17.6. The van der Waals surface area contributed by atoms with Crippen molar-refractivity contribution in [2.75, 3.05) is 28.6 Å². The van der Waals surface area contributed by atoms with Gasteiger partial charge in [-0.05, 0) is 48.7 Å². The Morgan fingerprint density at radius 2 is 1.89 bits per heavy atom. The van der Waals surface area contributed by atoms with Crippen molar-refractivity contribution in [1.82, 2.24) is 15.0 Å². The van der Waals surface area contributed by atoms with Crippen molar-refractivity contribution in [2.24, 2.45) is 9.98 Å². The van der Waals surface area contributed by atoms with E-state index in [1.807, 2.05) is 24.4 Å². The van der Waals surface area contributed by atoms with Crippen molar-refractivity contribution in [3.05, 3.63) is 76.7 Å². The summed E-state index contributed by atoms with van der Waals surface area (Å²) in [5.74, 6) is 1.90. The number of H-pyrrole nitrogens is 1. The van der Waals surface area contributed by atoms with E-state index in [4.69, 9.17) is 23.2 Å². The normalized spacial score (nSPS) is 19.5. The lowest BCUT2D eigenvalue weighted by molar-refractivity contribution is 0.508. The lowest BCUT2D eigenvalue weighted by Gasteiger charge is -2.34. The van der Waals surface area contributed by atoms with Crippen LogP contribution in [0.5, 0.6) is 0 Å². The van der Waals surface area contributed by atoms with Gasteiger partial charge in [-0.25, -0.2) is 15.0 Å². The molecule has 1 fully saturated rings. The molecule has 0 radical (unpaired) electrons. The minimum absolute atomic E-state index is 0.172. The first-order valence-corrected chi connectivity index (χ1v) is 12.6. The average Bonchev–Trinajstić information content (AvgIpc) is 3.58. The van der Waals surface area contributed by atoms with Gasteiger partial charge in [-0.15, -0.1) is 0 Å². The van der Waals surface area contributed by atoms with Gasteiger partial charge in [0.05, 0.1) is 21.1 Å². The molecule has 0 spiro atoms. The second-order valence-corrected chi connectivity index (χ2v) is 9.70. The molecule has 0 aliphatic carbocycles. The van der Waals surface area contributed by atoms with E-state index in [0.717, 1.165) is 48.5 Å². The number of aromatic amines is 1. The van der Waals surface area contributed by atoms with Crippen LogP contribution in [0.15, 0.2) is 71.0 Å². The highest BCUT2D eigenvalue weighted by atomic mass is 35.5. The Hall–Kier alpha value is -3.62. The summed E-state index contributed by atoms with van der Waals surface area (Å²) in [6.07, 6.45) is 7.36. The quantitative estimate of drug-likeness (QED) is 0.224. The molecular formula is C26H24Cl2N8. The largest absolute Gasteiger partial charge is 0.355 e. The Bertz CT molecular complexity index is 1440. The SMILES string of the molecule is Clc1cccc(Cl)c1N/C(=N/C1C=N1)Nc1cccc(C2CCCN(c3ncnc4[nH]ccc34)C2)c1. The summed E-state index contributed by atoms with van der Waals surface area (Å²) < 4.78 is 0. The Morgan fingerprint density at radius 3 is 2.72 bits per heavy atom. The van der Waals surface area contributed by atoms with Crippen molar-refractivity contribution in [3.8, 4) is 0 Å². The Kier molecular flexibility index (Phi) is 6.21. The van der Waals surface area contributed by atoms with Crippen LogP contribution in [0.1, 0.15) is 24.3 Å². The molecule has 1 saturated heterocycles. The highest BCUT2D eigenvalue weighted by molar-refractivity contribution is 6.40. The van der Waals surface area contributed by atoms with E-state index in [2.05, 4.69) is 58.7 Å². The summed E-state index contributed by atoms with van der Waals surface area (Å²) in [5, 5.41) is 8.74. The molecule has 0 amide bonds. The van der Waals surface area contributed by atoms with Crippen molar-refractivity contribution in [3.63, 3.8) is 0 Å². The van der Waals surface area contributed by atoms with Crippen LogP contribution in [0.4, 0.5) is 17.2 Å². The van der Waals surface area contributed by atoms with Crippen molar-refractivity contribution in [1.29, 1.82) is 0 Å². The summed E-state index contributed by atoms with van der Waals surface area (Å²) in [7, 11) is 0. The predicted molar refractivity (Wildman–Crippen MR) is 148 cm³/mol.